The third-order valence-corrected chi connectivity index (χ3v) is 7.97. The second-order valence-electron chi connectivity index (χ2n) is 12.3. The van der Waals surface area contributed by atoms with Gasteiger partial charge in [-0.25, -0.2) is 8.78 Å². The molecule has 13 heteroatoms. The highest BCUT2D eigenvalue weighted by Gasteiger charge is 2.68. The lowest BCUT2D eigenvalue weighted by molar-refractivity contribution is -0.173. The van der Waals surface area contributed by atoms with Crippen molar-refractivity contribution in [2.75, 3.05) is 0 Å². The Morgan fingerprint density at radius 1 is 1.13 bits per heavy atom. The summed E-state index contributed by atoms with van der Waals surface area (Å²) in [5.41, 5.74) is -3.04. The summed E-state index contributed by atoms with van der Waals surface area (Å²) >= 11 is 0. The Kier molecular flexibility index (Phi) is 7.64. The molecule has 1 aliphatic heterocycles. The predicted molar refractivity (Wildman–Crippen MR) is 123 cm³/mol. The Morgan fingerprint density at radius 3 is 2.13 bits per heavy atom. The van der Waals surface area contributed by atoms with Crippen LogP contribution in [0.1, 0.15) is 72.6 Å². The van der Waals surface area contributed by atoms with Crippen LogP contribution < -0.4 is 16.0 Å². The highest BCUT2D eigenvalue weighted by atomic mass is 19.4. The van der Waals surface area contributed by atoms with Crippen molar-refractivity contribution in [2.24, 2.45) is 22.7 Å². The second-order valence-corrected chi connectivity index (χ2v) is 12.3. The number of carbonyl (C=O) groups excluding carboxylic acids is 4. The third kappa shape index (κ3) is 6.61. The molecule has 8 nitrogen and oxygen atoms in total. The van der Waals surface area contributed by atoms with E-state index in [0.29, 0.717) is 6.42 Å². The molecule has 2 saturated carbocycles. The number of ketones is 1. The van der Waals surface area contributed by atoms with Gasteiger partial charge in [-0.15, -0.1) is 0 Å². The first-order valence-corrected chi connectivity index (χ1v) is 12.5. The fraction of sp³-hybridized carbons (Fsp3) is 0.800. The first-order chi connectivity index (χ1) is 17.2. The fourth-order valence-corrected chi connectivity index (χ4v) is 5.04. The highest BCUT2D eigenvalue weighted by Crippen LogP contribution is 2.62. The van der Waals surface area contributed by atoms with E-state index < -0.39 is 83.7 Å². The van der Waals surface area contributed by atoms with Crippen molar-refractivity contribution >= 4 is 23.5 Å². The van der Waals surface area contributed by atoms with E-state index in [2.05, 4.69) is 16.0 Å². The Morgan fingerprint density at radius 2 is 1.71 bits per heavy atom. The van der Waals surface area contributed by atoms with E-state index in [9.17, 15) is 46.4 Å². The lowest BCUT2D eigenvalue weighted by atomic mass is 9.77. The van der Waals surface area contributed by atoms with Crippen LogP contribution in [0.2, 0.25) is 0 Å². The minimum atomic E-state index is -5.17. The van der Waals surface area contributed by atoms with E-state index >= 15 is 0 Å². The molecule has 1 unspecified atom stereocenters. The number of nitrogens with one attached hydrogen (secondary N) is 3. The molecule has 3 aliphatic rings. The van der Waals surface area contributed by atoms with Crippen molar-refractivity contribution in [1.29, 1.82) is 5.26 Å². The van der Waals surface area contributed by atoms with Crippen LogP contribution in [0.4, 0.5) is 22.0 Å². The largest absolute Gasteiger partial charge is 0.449 e. The molecule has 3 rings (SSSR count). The van der Waals surface area contributed by atoms with Gasteiger partial charge in [-0.05, 0) is 37.5 Å². The maximum Gasteiger partial charge on any atom is 0.449 e. The maximum atomic E-state index is 14.0. The maximum absolute atomic E-state index is 14.0. The van der Waals surface area contributed by atoms with Gasteiger partial charge < -0.3 is 16.0 Å². The molecule has 3 fully saturated rings. The summed E-state index contributed by atoms with van der Waals surface area (Å²) in [7, 11) is 0. The van der Waals surface area contributed by atoms with Crippen molar-refractivity contribution in [2.45, 2.75) is 102 Å². The van der Waals surface area contributed by atoms with E-state index in [1.807, 2.05) is 6.07 Å². The van der Waals surface area contributed by atoms with E-state index in [4.69, 9.17) is 0 Å². The molecule has 0 aromatic rings. The molecule has 1 heterocycles. The van der Waals surface area contributed by atoms with Gasteiger partial charge in [0.1, 0.15) is 12.1 Å². The molecule has 0 radical (unpaired) electrons. The second kappa shape index (κ2) is 9.75. The van der Waals surface area contributed by atoms with Crippen LogP contribution in [0.15, 0.2) is 0 Å². The lowest BCUT2D eigenvalue weighted by Crippen LogP contribution is -2.53. The minimum absolute atomic E-state index is 0.0192. The Labute approximate surface area is 217 Å². The number of Topliss-reactive ketones (excluding diaryl/α,β-unsaturated/α-hetero) is 1. The van der Waals surface area contributed by atoms with Crippen molar-refractivity contribution < 1.29 is 41.1 Å². The molecule has 1 saturated heterocycles. The van der Waals surface area contributed by atoms with Crippen LogP contribution in [0.5, 0.6) is 0 Å². The Hall–Kier alpha value is -2.78. The summed E-state index contributed by atoms with van der Waals surface area (Å²) in [6.45, 7) is 5.54. The predicted octanol–water partition coefficient (Wildman–Crippen LogP) is 3.16. The number of hydrogen-bond acceptors (Lipinski definition) is 5. The van der Waals surface area contributed by atoms with Crippen LogP contribution >= 0.6 is 0 Å². The van der Waals surface area contributed by atoms with Gasteiger partial charge in [-0.3, -0.25) is 19.2 Å². The molecule has 212 valence electrons. The number of nitriles is 1. The molecule has 3 N–H and O–H groups in total. The van der Waals surface area contributed by atoms with E-state index in [-0.39, 0.29) is 17.9 Å². The van der Waals surface area contributed by atoms with Crippen LogP contribution in [-0.4, -0.2) is 53.2 Å². The Bertz CT molecular complexity index is 1040. The minimum Gasteiger partial charge on any atom is -0.350 e. The average Bonchev–Trinajstić information content (AvgIpc) is 3.58. The molecule has 0 aromatic heterocycles. The van der Waals surface area contributed by atoms with Gasteiger partial charge in [0.15, 0.2) is 0 Å². The fourth-order valence-electron chi connectivity index (χ4n) is 5.04. The van der Waals surface area contributed by atoms with Crippen LogP contribution in [-0.2, 0) is 19.2 Å². The average molecular weight is 549 g/mol. The summed E-state index contributed by atoms with van der Waals surface area (Å²) in [6, 6.07) is -0.886. The lowest BCUT2D eigenvalue weighted by Gasteiger charge is -2.32. The SMILES string of the molecule is CC(C)(C)[C@H](CC(=O)C(F)(F)F)C(=O)N[C@@H](CC1(C)CC1(F)F)C(=O)N[C@H](C#N)C[C@@H]1CC2(CC2)NC1=O. The molecular formula is C25H33F5N4O4. The molecule has 2 aliphatic carbocycles. The molecular weight excluding hydrogens is 515 g/mol. The highest BCUT2D eigenvalue weighted by molar-refractivity contribution is 5.93. The van der Waals surface area contributed by atoms with Gasteiger partial charge in [0.25, 0.3) is 5.92 Å². The smallest absolute Gasteiger partial charge is 0.350 e. The van der Waals surface area contributed by atoms with E-state index in [1.165, 1.54) is 27.7 Å². The summed E-state index contributed by atoms with van der Waals surface area (Å²) in [5.74, 6) is -9.55. The molecule has 3 amide bonds. The third-order valence-electron chi connectivity index (χ3n) is 7.97. The number of halogens is 5. The van der Waals surface area contributed by atoms with Gasteiger partial charge >= 0.3 is 6.18 Å². The van der Waals surface area contributed by atoms with Crippen molar-refractivity contribution in [3.63, 3.8) is 0 Å². The summed E-state index contributed by atoms with van der Waals surface area (Å²) in [5, 5.41) is 17.1. The molecule has 5 atom stereocenters. The van der Waals surface area contributed by atoms with E-state index in [0.717, 1.165) is 12.8 Å². The van der Waals surface area contributed by atoms with Crippen molar-refractivity contribution in [1.82, 2.24) is 16.0 Å². The van der Waals surface area contributed by atoms with Crippen LogP contribution in [0.3, 0.4) is 0 Å². The summed E-state index contributed by atoms with van der Waals surface area (Å²) < 4.78 is 66.7. The quantitative estimate of drug-likeness (QED) is 0.362. The van der Waals surface area contributed by atoms with Crippen molar-refractivity contribution in [3.8, 4) is 6.07 Å². The zero-order valence-corrected chi connectivity index (χ0v) is 21.7. The normalized spacial score (nSPS) is 27.5. The van der Waals surface area contributed by atoms with E-state index in [1.54, 1.807) is 0 Å². The molecule has 0 bridgehead atoms. The topological polar surface area (TPSA) is 128 Å². The van der Waals surface area contributed by atoms with Gasteiger partial charge in [-0.2, -0.15) is 18.4 Å². The first-order valence-electron chi connectivity index (χ1n) is 12.5. The number of carbonyl (C=O) groups is 4. The number of amides is 3. The van der Waals surface area contributed by atoms with Gasteiger partial charge in [-0.1, -0.05) is 27.7 Å². The Balaban J connectivity index is 1.75. The van der Waals surface area contributed by atoms with Gasteiger partial charge in [0.05, 0.1) is 12.0 Å². The number of rotatable bonds is 10. The monoisotopic (exact) mass is 548 g/mol. The van der Waals surface area contributed by atoms with Crippen molar-refractivity contribution in [3.05, 3.63) is 0 Å². The van der Waals surface area contributed by atoms with Gasteiger partial charge in [0, 0.05) is 29.7 Å². The number of alkyl halides is 5. The number of hydrogen-bond donors (Lipinski definition) is 3. The number of nitrogens with zero attached hydrogens (tertiary/aromatic N) is 1. The van der Waals surface area contributed by atoms with Crippen LogP contribution in [0.25, 0.3) is 0 Å². The molecule has 38 heavy (non-hydrogen) atoms. The summed E-state index contributed by atoms with van der Waals surface area (Å²) in [4.78, 5) is 50.1. The summed E-state index contributed by atoms with van der Waals surface area (Å²) in [6.07, 6.45) is -5.31. The zero-order valence-electron chi connectivity index (χ0n) is 21.7. The standard InChI is InChI=1S/C25H33F5N4O4/c1-21(2,3)15(8-17(35)25(28,29)30)19(37)33-16(10-22(4)12-24(22,26)27)20(38)32-14(11-31)7-13-9-23(5-6-23)34-18(13)36/h13-16H,5-10,12H2,1-4H3,(H,32,38)(H,33,37)(H,34,36)/t13-,14+,15-,16+,22?/m1/s1. The van der Waals surface area contributed by atoms with Crippen LogP contribution in [0, 0.1) is 34.0 Å². The molecule has 0 aromatic carbocycles. The molecule has 1 spiro atoms. The van der Waals surface area contributed by atoms with Gasteiger partial charge in [0.2, 0.25) is 23.5 Å². The first kappa shape index (κ1) is 29.8. The zero-order chi connectivity index (χ0) is 28.9.